The number of sulfonamides is 1. The van der Waals surface area contributed by atoms with Crippen LogP contribution >= 0.6 is 0 Å². The van der Waals surface area contributed by atoms with E-state index in [1.54, 1.807) is 29.2 Å². The van der Waals surface area contributed by atoms with E-state index in [1.165, 1.54) is 4.31 Å². The van der Waals surface area contributed by atoms with Gasteiger partial charge in [-0.25, -0.2) is 8.42 Å². The van der Waals surface area contributed by atoms with E-state index >= 15 is 0 Å². The molecule has 7 nitrogen and oxygen atoms in total. The maximum Gasteiger partial charge on any atom is 0.260 e. The number of piperazine rings is 1. The van der Waals surface area contributed by atoms with Crippen LogP contribution in [0.4, 0.5) is 0 Å². The van der Waals surface area contributed by atoms with Gasteiger partial charge in [0.15, 0.2) is 6.61 Å². The average molecular weight is 419 g/mol. The van der Waals surface area contributed by atoms with Gasteiger partial charge in [-0.2, -0.15) is 4.31 Å². The summed E-state index contributed by atoms with van der Waals surface area (Å²) in [7, 11) is -3.59. The summed E-state index contributed by atoms with van der Waals surface area (Å²) in [6, 6.07) is 13.9. The van der Waals surface area contributed by atoms with Crippen LogP contribution in [0.5, 0.6) is 11.5 Å². The smallest absolute Gasteiger partial charge is 0.260 e. The molecule has 156 valence electrons. The Morgan fingerprint density at radius 3 is 2.28 bits per heavy atom. The summed E-state index contributed by atoms with van der Waals surface area (Å²) in [4.78, 5) is 14.3. The van der Waals surface area contributed by atoms with Crippen LogP contribution < -0.4 is 9.47 Å². The SMILES string of the molecule is CCOc1ccc(S(=O)(=O)N2CCN(C(=O)COc3cccc(C)c3)CC2)cc1. The van der Waals surface area contributed by atoms with E-state index in [4.69, 9.17) is 9.47 Å². The molecule has 0 saturated carbocycles. The summed E-state index contributed by atoms with van der Waals surface area (Å²) in [5.41, 5.74) is 1.06. The zero-order valence-corrected chi connectivity index (χ0v) is 17.5. The zero-order valence-electron chi connectivity index (χ0n) is 16.7. The third-order valence-corrected chi connectivity index (χ3v) is 6.63. The molecule has 2 aromatic rings. The van der Waals surface area contributed by atoms with Gasteiger partial charge >= 0.3 is 0 Å². The molecule has 0 unspecified atom stereocenters. The number of hydrogen-bond acceptors (Lipinski definition) is 5. The van der Waals surface area contributed by atoms with Crippen molar-refractivity contribution in [1.29, 1.82) is 0 Å². The topological polar surface area (TPSA) is 76.2 Å². The third-order valence-electron chi connectivity index (χ3n) is 4.72. The highest BCUT2D eigenvalue weighted by Crippen LogP contribution is 2.21. The molecule has 0 aromatic heterocycles. The lowest BCUT2D eigenvalue weighted by Crippen LogP contribution is -2.51. The van der Waals surface area contributed by atoms with Crippen molar-refractivity contribution in [1.82, 2.24) is 9.21 Å². The number of nitrogens with zero attached hydrogens (tertiary/aromatic N) is 2. The minimum absolute atomic E-state index is 0.0604. The fourth-order valence-electron chi connectivity index (χ4n) is 3.14. The molecule has 1 amide bonds. The molecule has 0 atom stereocenters. The normalized spacial score (nSPS) is 15.2. The van der Waals surface area contributed by atoms with Gasteiger partial charge in [-0.1, -0.05) is 12.1 Å². The Labute approximate surface area is 171 Å². The number of carbonyl (C=O) groups is 1. The number of rotatable bonds is 7. The Bertz CT molecular complexity index is 936. The molecule has 29 heavy (non-hydrogen) atoms. The van der Waals surface area contributed by atoms with E-state index in [2.05, 4.69) is 0 Å². The second-order valence-electron chi connectivity index (χ2n) is 6.79. The summed E-state index contributed by atoms with van der Waals surface area (Å²) in [5, 5.41) is 0. The maximum absolute atomic E-state index is 12.8. The van der Waals surface area contributed by atoms with Crippen LogP contribution in [0, 0.1) is 6.92 Å². The molecular formula is C21H26N2O5S. The van der Waals surface area contributed by atoms with Crippen LogP contribution in [0.3, 0.4) is 0 Å². The number of carbonyl (C=O) groups excluding carboxylic acids is 1. The monoisotopic (exact) mass is 418 g/mol. The number of hydrogen-bond donors (Lipinski definition) is 0. The first-order valence-corrected chi connectivity index (χ1v) is 11.0. The zero-order chi connectivity index (χ0) is 20.9. The van der Waals surface area contributed by atoms with Crippen LogP contribution in [-0.2, 0) is 14.8 Å². The molecule has 0 radical (unpaired) electrons. The Balaban J connectivity index is 1.54. The van der Waals surface area contributed by atoms with Crippen molar-refractivity contribution >= 4 is 15.9 Å². The molecular weight excluding hydrogens is 392 g/mol. The lowest BCUT2D eigenvalue weighted by molar-refractivity contribution is -0.134. The fourth-order valence-corrected chi connectivity index (χ4v) is 4.57. The van der Waals surface area contributed by atoms with Gasteiger partial charge in [0.05, 0.1) is 11.5 Å². The molecule has 0 aliphatic carbocycles. The van der Waals surface area contributed by atoms with Crippen LogP contribution in [0.1, 0.15) is 12.5 Å². The van der Waals surface area contributed by atoms with E-state index in [0.29, 0.717) is 31.2 Å². The number of amides is 1. The van der Waals surface area contributed by atoms with E-state index in [0.717, 1.165) is 5.56 Å². The predicted octanol–water partition coefficient (Wildman–Crippen LogP) is 2.31. The average Bonchev–Trinajstić information content (AvgIpc) is 2.73. The first kappa shape index (κ1) is 21.1. The van der Waals surface area contributed by atoms with E-state index in [9.17, 15) is 13.2 Å². The molecule has 1 heterocycles. The summed E-state index contributed by atoms with van der Waals surface area (Å²) < 4.78 is 38.0. The van der Waals surface area contributed by atoms with E-state index in [-0.39, 0.29) is 30.5 Å². The molecule has 1 fully saturated rings. The molecule has 0 bridgehead atoms. The first-order valence-electron chi connectivity index (χ1n) is 9.60. The molecule has 1 aliphatic heterocycles. The molecule has 8 heteroatoms. The van der Waals surface area contributed by atoms with Gasteiger partial charge in [-0.05, 0) is 55.8 Å². The standard InChI is InChI=1S/C21H26N2O5S/c1-3-27-18-7-9-20(10-8-18)29(25,26)23-13-11-22(12-14-23)21(24)16-28-19-6-4-5-17(2)15-19/h4-10,15H,3,11-14,16H2,1-2H3. The van der Waals surface area contributed by atoms with Crippen molar-refractivity contribution in [3.8, 4) is 11.5 Å². The Hall–Kier alpha value is -2.58. The largest absolute Gasteiger partial charge is 0.494 e. The summed E-state index contributed by atoms with van der Waals surface area (Å²) in [5.74, 6) is 1.13. The minimum Gasteiger partial charge on any atom is -0.494 e. The molecule has 0 spiro atoms. The van der Waals surface area contributed by atoms with Gasteiger partial charge in [0.25, 0.3) is 5.91 Å². The minimum atomic E-state index is -3.59. The lowest BCUT2D eigenvalue weighted by atomic mass is 10.2. The van der Waals surface area contributed by atoms with E-state index < -0.39 is 10.0 Å². The molecule has 1 saturated heterocycles. The molecule has 3 rings (SSSR count). The van der Waals surface area contributed by atoms with Crippen molar-refractivity contribution in [2.75, 3.05) is 39.4 Å². The van der Waals surface area contributed by atoms with Crippen LogP contribution in [-0.4, -0.2) is 62.9 Å². The van der Waals surface area contributed by atoms with Gasteiger partial charge in [0.2, 0.25) is 10.0 Å². The Morgan fingerprint density at radius 1 is 0.966 bits per heavy atom. The highest BCUT2D eigenvalue weighted by atomic mass is 32.2. The Kier molecular flexibility index (Phi) is 6.76. The van der Waals surface area contributed by atoms with Gasteiger partial charge in [0, 0.05) is 26.2 Å². The van der Waals surface area contributed by atoms with Crippen LogP contribution in [0.25, 0.3) is 0 Å². The predicted molar refractivity (Wildman–Crippen MR) is 110 cm³/mol. The van der Waals surface area contributed by atoms with Crippen LogP contribution in [0.2, 0.25) is 0 Å². The summed E-state index contributed by atoms with van der Waals surface area (Å²) in [6.45, 7) is 5.48. The van der Waals surface area contributed by atoms with Gasteiger partial charge in [-0.15, -0.1) is 0 Å². The summed E-state index contributed by atoms with van der Waals surface area (Å²) >= 11 is 0. The van der Waals surface area contributed by atoms with Crippen LogP contribution in [0.15, 0.2) is 53.4 Å². The number of ether oxygens (including phenoxy) is 2. The summed E-state index contributed by atoms with van der Waals surface area (Å²) in [6.07, 6.45) is 0. The van der Waals surface area contributed by atoms with E-state index in [1.807, 2.05) is 38.1 Å². The molecule has 1 aliphatic rings. The number of aryl methyl sites for hydroxylation is 1. The molecule has 2 aromatic carbocycles. The second kappa shape index (κ2) is 9.28. The van der Waals surface area contributed by atoms with Crippen molar-refractivity contribution in [3.05, 3.63) is 54.1 Å². The Morgan fingerprint density at radius 2 is 1.66 bits per heavy atom. The van der Waals surface area contributed by atoms with Gasteiger partial charge < -0.3 is 14.4 Å². The fraction of sp³-hybridized carbons (Fsp3) is 0.381. The maximum atomic E-state index is 12.8. The second-order valence-corrected chi connectivity index (χ2v) is 8.73. The van der Waals surface area contributed by atoms with Gasteiger partial charge in [-0.3, -0.25) is 4.79 Å². The van der Waals surface area contributed by atoms with Gasteiger partial charge in [0.1, 0.15) is 11.5 Å². The van der Waals surface area contributed by atoms with Crippen molar-refractivity contribution < 1.29 is 22.7 Å². The van der Waals surface area contributed by atoms with Crippen molar-refractivity contribution in [2.24, 2.45) is 0 Å². The highest BCUT2D eigenvalue weighted by Gasteiger charge is 2.30. The highest BCUT2D eigenvalue weighted by molar-refractivity contribution is 7.89. The lowest BCUT2D eigenvalue weighted by Gasteiger charge is -2.34. The van der Waals surface area contributed by atoms with Crippen molar-refractivity contribution in [2.45, 2.75) is 18.7 Å². The first-order chi connectivity index (χ1) is 13.9. The molecule has 0 N–H and O–H groups in total. The third kappa shape index (κ3) is 5.27. The number of benzene rings is 2. The van der Waals surface area contributed by atoms with Crippen molar-refractivity contribution in [3.63, 3.8) is 0 Å². The quantitative estimate of drug-likeness (QED) is 0.690.